The van der Waals surface area contributed by atoms with Crippen molar-refractivity contribution in [3.8, 4) is 11.3 Å². The molecule has 3 aromatic heterocycles. The number of nitrogens with two attached hydrogens (primary N) is 1. The van der Waals surface area contributed by atoms with Gasteiger partial charge in [-0.15, -0.1) is 0 Å². The van der Waals surface area contributed by atoms with E-state index in [4.69, 9.17) is 22.3 Å². The molecule has 0 bridgehead atoms. The molecule has 1 unspecified atom stereocenters. The number of rotatable bonds is 4. The van der Waals surface area contributed by atoms with Crippen molar-refractivity contribution in [3.05, 3.63) is 35.9 Å². The fourth-order valence-electron chi connectivity index (χ4n) is 4.06. The lowest BCUT2D eigenvalue weighted by Gasteiger charge is -2.35. The van der Waals surface area contributed by atoms with E-state index in [0.29, 0.717) is 9.51 Å². The lowest BCUT2D eigenvalue weighted by atomic mass is 10.1. The van der Waals surface area contributed by atoms with Crippen LogP contribution in [-0.4, -0.2) is 45.0 Å². The number of carbonyl (C=O) groups is 1. The Morgan fingerprint density at radius 3 is 3.04 bits per heavy atom. The Bertz CT molecular complexity index is 987. The van der Waals surface area contributed by atoms with Crippen LogP contribution < -0.4 is 10.2 Å². The highest BCUT2D eigenvalue weighted by Gasteiger charge is 2.47. The molecule has 0 saturated carbocycles. The van der Waals surface area contributed by atoms with Gasteiger partial charge in [0.25, 0.3) is 5.91 Å². The van der Waals surface area contributed by atoms with Crippen molar-refractivity contribution in [2.75, 3.05) is 13.1 Å². The van der Waals surface area contributed by atoms with Crippen LogP contribution in [-0.2, 0) is 4.79 Å². The highest BCUT2D eigenvalue weighted by atomic mass is 35.5. The van der Waals surface area contributed by atoms with Crippen molar-refractivity contribution < 1.29 is 4.79 Å². The number of carbonyl (C=O) groups excluding carboxylic acids is 1. The van der Waals surface area contributed by atoms with E-state index in [0.717, 1.165) is 54.0 Å². The number of halogens is 1. The molecule has 1 amide bonds. The lowest BCUT2D eigenvalue weighted by molar-refractivity contribution is -0.122. The summed E-state index contributed by atoms with van der Waals surface area (Å²) >= 11 is 6.10. The number of nitrogens with one attached hydrogen (secondary N) is 1. The molecule has 3 N–H and O–H groups in total. The first kappa shape index (κ1) is 16.9. The SMILES string of the molecule is CC[N+]1(c2cncc(-c3c[nH]c4ncc(Cl)cc34)n2)CCC[C@@H]1C(N)=O. The van der Waals surface area contributed by atoms with E-state index in [-0.39, 0.29) is 11.9 Å². The molecule has 1 aliphatic heterocycles. The fraction of sp³-hybridized carbons (Fsp3) is 0.333. The van der Waals surface area contributed by atoms with Crippen LogP contribution in [0.5, 0.6) is 0 Å². The highest BCUT2D eigenvalue weighted by molar-refractivity contribution is 6.31. The van der Waals surface area contributed by atoms with E-state index >= 15 is 0 Å². The molecular weight excluding hydrogens is 352 g/mol. The average Bonchev–Trinajstić information content (AvgIpc) is 3.26. The van der Waals surface area contributed by atoms with Crippen molar-refractivity contribution in [1.29, 1.82) is 0 Å². The summed E-state index contributed by atoms with van der Waals surface area (Å²) in [5, 5.41) is 1.45. The van der Waals surface area contributed by atoms with Gasteiger partial charge >= 0.3 is 0 Å². The second-order valence-corrected chi connectivity index (χ2v) is 7.09. The number of pyridine rings is 1. The number of fused-ring (bicyclic) bond motifs is 1. The Balaban J connectivity index is 1.84. The van der Waals surface area contributed by atoms with Gasteiger partial charge in [-0.2, -0.15) is 4.98 Å². The van der Waals surface area contributed by atoms with Crippen LogP contribution in [0.1, 0.15) is 19.8 Å². The van der Waals surface area contributed by atoms with Crippen LogP contribution in [0, 0.1) is 0 Å². The summed E-state index contributed by atoms with van der Waals surface area (Å²) in [7, 11) is 0. The molecule has 8 heteroatoms. The third-order valence-electron chi connectivity index (χ3n) is 5.38. The molecule has 0 aromatic carbocycles. The lowest BCUT2D eigenvalue weighted by Crippen LogP contribution is -2.58. The van der Waals surface area contributed by atoms with Gasteiger partial charge in [0.15, 0.2) is 6.04 Å². The molecule has 3 aromatic rings. The first-order valence-corrected chi connectivity index (χ1v) is 9.04. The van der Waals surface area contributed by atoms with Gasteiger partial charge in [-0.05, 0) is 13.0 Å². The van der Waals surface area contributed by atoms with Crippen molar-refractivity contribution in [3.63, 3.8) is 0 Å². The van der Waals surface area contributed by atoms with E-state index in [1.165, 1.54) is 0 Å². The van der Waals surface area contributed by atoms with Gasteiger partial charge in [0.1, 0.15) is 11.8 Å². The summed E-state index contributed by atoms with van der Waals surface area (Å²) in [6, 6.07) is 1.60. The van der Waals surface area contributed by atoms with Crippen LogP contribution in [0.15, 0.2) is 30.9 Å². The number of amides is 1. The summed E-state index contributed by atoms with van der Waals surface area (Å²) in [6.45, 7) is 3.64. The molecule has 26 heavy (non-hydrogen) atoms. The van der Waals surface area contributed by atoms with Crippen LogP contribution in [0.3, 0.4) is 0 Å². The third-order valence-corrected chi connectivity index (χ3v) is 5.58. The quantitative estimate of drug-likeness (QED) is 0.689. The number of H-pyrrole nitrogens is 1. The molecule has 7 nitrogen and oxygen atoms in total. The van der Waals surface area contributed by atoms with Crippen LogP contribution >= 0.6 is 11.6 Å². The minimum atomic E-state index is -0.278. The van der Waals surface area contributed by atoms with Gasteiger partial charge in [0.05, 0.1) is 30.0 Å². The van der Waals surface area contributed by atoms with Gasteiger partial charge < -0.3 is 10.7 Å². The van der Waals surface area contributed by atoms with Gasteiger partial charge in [-0.1, -0.05) is 11.6 Å². The molecule has 0 radical (unpaired) electrons. The zero-order valence-corrected chi connectivity index (χ0v) is 15.2. The molecule has 4 rings (SSSR count). The number of hydrogen-bond acceptors (Lipinski definition) is 4. The molecule has 2 atom stereocenters. The zero-order chi connectivity index (χ0) is 18.3. The van der Waals surface area contributed by atoms with E-state index in [1.807, 2.05) is 12.3 Å². The van der Waals surface area contributed by atoms with Crippen LogP contribution in [0.2, 0.25) is 5.02 Å². The molecule has 0 spiro atoms. The van der Waals surface area contributed by atoms with Crippen molar-refractivity contribution in [1.82, 2.24) is 24.4 Å². The third kappa shape index (κ3) is 2.55. The molecule has 4 heterocycles. The maximum absolute atomic E-state index is 12.0. The number of aromatic nitrogens is 4. The van der Waals surface area contributed by atoms with Crippen molar-refractivity contribution in [2.24, 2.45) is 5.73 Å². The normalized spacial score (nSPS) is 22.8. The summed E-state index contributed by atoms with van der Waals surface area (Å²) in [5.41, 5.74) is 8.03. The predicted molar refractivity (Wildman–Crippen MR) is 102 cm³/mol. The molecular formula is C18H20ClN6O+. The molecule has 1 saturated heterocycles. The fourth-order valence-corrected chi connectivity index (χ4v) is 4.22. The number of hydrogen-bond donors (Lipinski definition) is 2. The minimum Gasteiger partial charge on any atom is -0.364 e. The van der Waals surface area contributed by atoms with E-state index in [2.05, 4.69) is 21.9 Å². The average molecular weight is 372 g/mol. The number of nitrogens with zero attached hydrogens (tertiary/aromatic N) is 4. The molecule has 0 aliphatic carbocycles. The maximum Gasteiger partial charge on any atom is 0.276 e. The number of quaternary nitrogens is 1. The smallest absolute Gasteiger partial charge is 0.276 e. The summed E-state index contributed by atoms with van der Waals surface area (Å²) in [4.78, 5) is 28.7. The van der Waals surface area contributed by atoms with Crippen molar-refractivity contribution in [2.45, 2.75) is 25.8 Å². The predicted octanol–water partition coefficient (Wildman–Crippen LogP) is 2.65. The maximum atomic E-state index is 12.0. The second kappa shape index (κ2) is 6.34. The Labute approximate surface area is 155 Å². The van der Waals surface area contributed by atoms with Crippen LogP contribution in [0.4, 0.5) is 5.82 Å². The van der Waals surface area contributed by atoms with Gasteiger partial charge in [0, 0.05) is 36.2 Å². The summed E-state index contributed by atoms with van der Waals surface area (Å²) in [6.07, 6.45) is 8.64. The second-order valence-electron chi connectivity index (χ2n) is 6.65. The van der Waals surface area contributed by atoms with Crippen molar-refractivity contribution >= 4 is 34.4 Å². The largest absolute Gasteiger partial charge is 0.364 e. The standard InChI is InChI=1S/C18H19ClN6O/c1-2-25(5-3-4-15(25)17(20)26)16-10-21-9-14(24-16)13-8-23-18-12(13)6-11(19)7-22-18/h6-10,15H,2-5H2,1H3,(H2-,20,22,23,24,26)/p+1/t15-,25?/m1/s1. The number of aromatic amines is 1. The number of primary amides is 1. The minimum absolute atomic E-state index is 0.261. The monoisotopic (exact) mass is 371 g/mol. The van der Waals surface area contributed by atoms with Crippen LogP contribution in [0.25, 0.3) is 22.3 Å². The highest BCUT2D eigenvalue weighted by Crippen LogP contribution is 2.35. The van der Waals surface area contributed by atoms with E-state index < -0.39 is 0 Å². The molecule has 1 fully saturated rings. The number of likely N-dealkylation sites (tertiary alicyclic amines) is 1. The Kier molecular flexibility index (Phi) is 4.13. The Hall–Kier alpha value is -2.51. The Morgan fingerprint density at radius 2 is 2.27 bits per heavy atom. The molecule has 134 valence electrons. The topological polar surface area (TPSA) is 97.6 Å². The first-order valence-electron chi connectivity index (χ1n) is 8.67. The van der Waals surface area contributed by atoms with Gasteiger partial charge in [-0.3, -0.25) is 14.3 Å². The first-order chi connectivity index (χ1) is 12.5. The van der Waals surface area contributed by atoms with E-state index in [9.17, 15) is 4.79 Å². The van der Waals surface area contributed by atoms with Gasteiger partial charge in [-0.25, -0.2) is 4.98 Å². The van der Waals surface area contributed by atoms with E-state index in [1.54, 1.807) is 18.6 Å². The molecule has 1 aliphatic rings. The summed E-state index contributed by atoms with van der Waals surface area (Å²) in [5.74, 6) is 0.496. The van der Waals surface area contributed by atoms with Gasteiger partial charge in [0.2, 0.25) is 5.82 Å². The Morgan fingerprint density at radius 1 is 1.42 bits per heavy atom. The number of likely N-dealkylation sites (N-methyl/N-ethyl adjacent to an activating group) is 1. The summed E-state index contributed by atoms with van der Waals surface area (Å²) < 4.78 is 0.456. The zero-order valence-electron chi connectivity index (χ0n) is 14.4.